The molecule has 2 aromatic rings. The molecule has 0 radical (unpaired) electrons. The van der Waals surface area contributed by atoms with E-state index in [0.717, 1.165) is 34.8 Å². The van der Waals surface area contributed by atoms with E-state index < -0.39 is 0 Å². The third-order valence-electron chi connectivity index (χ3n) is 3.71. The summed E-state index contributed by atoms with van der Waals surface area (Å²) in [6.07, 6.45) is 2.87. The number of thiophene rings is 1. The number of halogens is 1. The highest BCUT2D eigenvalue weighted by Gasteiger charge is 2.09. The van der Waals surface area contributed by atoms with Crippen LogP contribution in [0.25, 0.3) is 0 Å². The number of carbonyl (C=O) groups is 1. The molecule has 0 saturated carbocycles. The molecule has 2 heterocycles. The molecule has 8 heteroatoms. The maximum absolute atomic E-state index is 11.8. The van der Waals surface area contributed by atoms with Crippen LogP contribution in [-0.4, -0.2) is 48.5 Å². The first kappa shape index (κ1) is 19.5. The fourth-order valence-electron chi connectivity index (χ4n) is 2.41. The monoisotopic (exact) mass is 425 g/mol. The lowest BCUT2D eigenvalue weighted by atomic mass is 10.3. The number of aryl methyl sites for hydroxylation is 1. The minimum atomic E-state index is -0.00853. The van der Waals surface area contributed by atoms with Gasteiger partial charge >= 0.3 is 0 Å². The number of nitrogens with zero attached hydrogens (tertiary/aromatic N) is 3. The Morgan fingerprint density at radius 2 is 2.16 bits per heavy atom. The van der Waals surface area contributed by atoms with Gasteiger partial charge in [0.2, 0.25) is 0 Å². The average molecular weight is 426 g/mol. The molecule has 0 aliphatic rings. The molecular formula is C17H24BrN5OS. The fraction of sp³-hybridized carbons (Fsp3) is 0.412. The summed E-state index contributed by atoms with van der Waals surface area (Å²) in [4.78, 5) is 19.0. The highest BCUT2D eigenvalue weighted by atomic mass is 79.9. The van der Waals surface area contributed by atoms with Gasteiger partial charge in [0.05, 0.1) is 11.4 Å². The van der Waals surface area contributed by atoms with Crippen molar-refractivity contribution >= 4 is 39.1 Å². The SMILES string of the molecule is CN=C(NCCCNC(=O)c1cccs1)N(C)Cc1cc(Br)cn1C. The van der Waals surface area contributed by atoms with Gasteiger partial charge in [-0.2, -0.15) is 0 Å². The summed E-state index contributed by atoms with van der Waals surface area (Å²) in [6, 6.07) is 5.81. The predicted molar refractivity (Wildman–Crippen MR) is 107 cm³/mol. The van der Waals surface area contributed by atoms with Crippen LogP contribution in [0, 0.1) is 0 Å². The number of aliphatic imine (C=N–C) groups is 1. The molecular weight excluding hydrogens is 402 g/mol. The summed E-state index contributed by atoms with van der Waals surface area (Å²) in [5.74, 6) is 0.827. The van der Waals surface area contributed by atoms with E-state index in [4.69, 9.17) is 0 Å². The Bertz CT molecular complexity index is 711. The molecule has 0 aliphatic carbocycles. The molecule has 0 saturated heterocycles. The van der Waals surface area contributed by atoms with Crippen LogP contribution in [0.4, 0.5) is 0 Å². The Kier molecular flexibility index (Phi) is 7.52. The first-order valence-electron chi connectivity index (χ1n) is 8.05. The molecule has 0 spiro atoms. The zero-order valence-corrected chi connectivity index (χ0v) is 17.2. The van der Waals surface area contributed by atoms with Gasteiger partial charge in [-0.25, -0.2) is 0 Å². The van der Waals surface area contributed by atoms with Crippen molar-refractivity contribution in [1.82, 2.24) is 20.1 Å². The summed E-state index contributed by atoms with van der Waals surface area (Å²) in [5, 5.41) is 8.16. The third-order valence-corrected chi connectivity index (χ3v) is 5.02. The van der Waals surface area contributed by atoms with Crippen LogP contribution in [-0.2, 0) is 13.6 Å². The van der Waals surface area contributed by atoms with E-state index in [1.54, 1.807) is 7.05 Å². The van der Waals surface area contributed by atoms with Gasteiger partial charge < -0.3 is 20.1 Å². The first-order valence-corrected chi connectivity index (χ1v) is 9.72. The molecule has 25 heavy (non-hydrogen) atoms. The molecule has 0 bridgehead atoms. The fourth-order valence-corrected chi connectivity index (χ4v) is 3.62. The summed E-state index contributed by atoms with van der Waals surface area (Å²) < 4.78 is 3.16. The van der Waals surface area contributed by atoms with Gasteiger partial charge in [-0.15, -0.1) is 11.3 Å². The largest absolute Gasteiger partial charge is 0.356 e. The number of rotatable bonds is 7. The van der Waals surface area contributed by atoms with Crippen LogP contribution in [0.2, 0.25) is 0 Å². The smallest absolute Gasteiger partial charge is 0.261 e. The van der Waals surface area contributed by atoms with E-state index in [-0.39, 0.29) is 5.91 Å². The van der Waals surface area contributed by atoms with Crippen molar-refractivity contribution in [2.45, 2.75) is 13.0 Å². The second-order valence-corrected chi connectivity index (χ2v) is 7.54. The number of hydrogen-bond donors (Lipinski definition) is 2. The van der Waals surface area contributed by atoms with Gasteiger partial charge in [-0.3, -0.25) is 9.79 Å². The van der Waals surface area contributed by atoms with Crippen molar-refractivity contribution in [1.29, 1.82) is 0 Å². The van der Waals surface area contributed by atoms with Gasteiger partial charge in [-0.05, 0) is 39.9 Å². The van der Waals surface area contributed by atoms with Crippen LogP contribution in [0.15, 0.2) is 39.2 Å². The van der Waals surface area contributed by atoms with Gasteiger partial charge in [0, 0.05) is 50.6 Å². The zero-order chi connectivity index (χ0) is 18.2. The Hall–Kier alpha value is -1.80. The first-order chi connectivity index (χ1) is 12.0. The van der Waals surface area contributed by atoms with Gasteiger partial charge in [-0.1, -0.05) is 6.07 Å². The van der Waals surface area contributed by atoms with Crippen molar-refractivity contribution in [2.75, 3.05) is 27.2 Å². The minimum Gasteiger partial charge on any atom is -0.356 e. The molecule has 0 aromatic carbocycles. The number of aromatic nitrogens is 1. The third kappa shape index (κ3) is 5.89. The van der Waals surface area contributed by atoms with Crippen LogP contribution >= 0.6 is 27.3 Å². The Balaban J connectivity index is 1.71. The normalized spacial score (nSPS) is 11.4. The molecule has 136 valence electrons. The summed E-state index contributed by atoms with van der Waals surface area (Å²) in [6.45, 7) is 2.14. The number of guanidine groups is 1. The Labute approximate surface area is 161 Å². The maximum atomic E-state index is 11.8. The van der Waals surface area contributed by atoms with Gasteiger partial charge in [0.25, 0.3) is 5.91 Å². The van der Waals surface area contributed by atoms with E-state index in [0.29, 0.717) is 6.54 Å². The highest BCUT2D eigenvalue weighted by molar-refractivity contribution is 9.10. The Morgan fingerprint density at radius 3 is 2.76 bits per heavy atom. The Morgan fingerprint density at radius 1 is 1.40 bits per heavy atom. The van der Waals surface area contributed by atoms with Crippen LogP contribution in [0.5, 0.6) is 0 Å². The van der Waals surface area contributed by atoms with Crippen LogP contribution in [0.3, 0.4) is 0 Å². The molecule has 0 unspecified atom stereocenters. The summed E-state index contributed by atoms with van der Waals surface area (Å²) >= 11 is 4.95. The molecule has 0 atom stereocenters. The molecule has 2 aromatic heterocycles. The zero-order valence-electron chi connectivity index (χ0n) is 14.8. The van der Waals surface area contributed by atoms with E-state index in [9.17, 15) is 4.79 Å². The quantitative estimate of drug-likeness (QED) is 0.407. The maximum Gasteiger partial charge on any atom is 0.261 e. The number of amides is 1. The number of nitrogens with one attached hydrogen (secondary N) is 2. The summed E-state index contributed by atoms with van der Waals surface area (Å²) in [5.41, 5.74) is 1.19. The predicted octanol–water partition coefficient (Wildman–Crippen LogP) is 2.68. The standard InChI is InChI=1S/C17H24BrN5OS/c1-19-17(23(3)12-14-10-13(18)11-22(14)2)21-8-5-7-20-16(24)15-6-4-9-25-15/h4,6,9-11H,5,7-8,12H2,1-3H3,(H,19,21)(H,20,24). The lowest BCUT2D eigenvalue weighted by Gasteiger charge is -2.22. The van der Waals surface area contributed by atoms with E-state index in [1.807, 2.05) is 37.8 Å². The minimum absolute atomic E-state index is 0.00853. The van der Waals surface area contributed by atoms with Gasteiger partial charge in [0.1, 0.15) is 0 Å². The highest BCUT2D eigenvalue weighted by Crippen LogP contribution is 2.14. The number of carbonyl (C=O) groups excluding carboxylic acids is 1. The van der Waals surface area contributed by atoms with E-state index >= 15 is 0 Å². The molecule has 0 fully saturated rings. The molecule has 6 nitrogen and oxygen atoms in total. The molecule has 1 amide bonds. The lowest BCUT2D eigenvalue weighted by molar-refractivity contribution is 0.0957. The van der Waals surface area contributed by atoms with Crippen molar-refractivity contribution in [3.05, 3.63) is 44.8 Å². The van der Waals surface area contributed by atoms with Crippen molar-refractivity contribution in [3.63, 3.8) is 0 Å². The lowest BCUT2D eigenvalue weighted by Crippen LogP contribution is -2.40. The molecule has 2 N–H and O–H groups in total. The second kappa shape index (κ2) is 9.62. The van der Waals surface area contributed by atoms with Gasteiger partial charge in [0.15, 0.2) is 5.96 Å². The van der Waals surface area contributed by atoms with Crippen LogP contribution < -0.4 is 10.6 Å². The van der Waals surface area contributed by atoms with Crippen molar-refractivity contribution in [2.24, 2.45) is 12.0 Å². The van der Waals surface area contributed by atoms with Crippen LogP contribution in [0.1, 0.15) is 21.8 Å². The molecule has 2 rings (SSSR count). The number of hydrogen-bond acceptors (Lipinski definition) is 3. The van der Waals surface area contributed by atoms with E-state index in [2.05, 4.69) is 47.1 Å². The topological polar surface area (TPSA) is 61.7 Å². The van der Waals surface area contributed by atoms with E-state index in [1.165, 1.54) is 17.0 Å². The van der Waals surface area contributed by atoms with Crippen molar-refractivity contribution < 1.29 is 4.79 Å². The van der Waals surface area contributed by atoms with Crippen molar-refractivity contribution in [3.8, 4) is 0 Å². The second-order valence-electron chi connectivity index (χ2n) is 5.68. The molecule has 0 aliphatic heterocycles. The average Bonchev–Trinajstić information content (AvgIpc) is 3.21. The summed E-state index contributed by atoms with van der Waals surface area (Å²) in [7, 11) is 5.81.